The average Bonchev–Trinajstić information content (AvgIpc) is 3.03. The number of thiocarbonyl (C=S) groups is 1. The number of nitrogens with zero attached hydrogens (tertiary/aromatic N) is 1. The van der Waals surface area contributed by atoms with Crippen molar-refractivity contribution < 1.29 is 19.1 Å². The van der Waals surface area contributed by atoms with Gasteiger partial charge in [0.2, 0.25) is 5.91 Å². The van der Waals surface area contributed by atoms with Crippen molar-refractivity contribution in [2.75, 3.05) is 13.7 Å². The normalized spacial score (nSPS) is 14.7. The number of nitrogens with one attached hydrogen (secondary N) is 2. The first-order chi connectivity index (χ1) is 14.5. The summed E-state index contributed by atoms with van der Waals surface area (Å²) in [4.78, 5) is 38.8. The summed E-state index contributed by atoms with van der Waals surface area (Å²) in [5, 5.41) is 0. The molecule has 2 aromatic rings. The third kappa shape index (κ3) is 5.25. The lowest BCUT2D eigenvalue weighted by atomic mass is 10.2. The van der Waals surface area contributed by atoms with Crippen LogP contribution in [0.2, 0.25) is 0 Å². The van der Waals surface area contributed by atoms with Gasteiger partial charge in [-0.3, -0.25) is 30.1 Å². The van der Waals surface area contributed by atoms with Gasteiger partial charge in [0.05, 0.1) is 17.6 Å². The largest absolute Gasteiger partial charge is 0.496 e. The molecule has 0 atom stereocenters. The Morgan fingerprint density at radius 3 is 2.53 bits per heavy atom. The van der Waals surface area contributed by atoms with Crippen LogP contribution in [-0.4, -0.2) is 40.6 Å². The third-order valence-corrected chi connectivity index (χ3v) is 5.58. The molecule has 0 spiro atoms. The van der Waals surface area contributed by atoms with Crippen molar-refractivity contribution in [1.29, 1.82) is 0 Å². The van der Waals surface area contributed by atoms with Gasteiger partial charge in [0.25, 0.3) is 11.8 Å². The van der Waals surface area contributed by atoms with Gasteiger partial charge in [-0.2, -0.15) is 0 Å². The van der Waals surface area contributed by atoms with E-state index in [2.05, 4.69) is 10.9 Å². The molecule has 3 amide bonds. The fourth-order valence-electron chi connectivity index (χ4n) is 2.70. The van der Waals surface area contributed by atoms with Crippen LogP contribution in [0.4, 0.5) is 0 Å². The lowest BCUT2D eigenvalue weighted by Gasteiger charge is -2.14. The Hall–Kier alpha value is -3.17. The van der Waals surface area contributed by atoms with Crippen molar-refractivity contribution in [2.24, 2.45) is 0 Å². The molecule has 0 unspecified atom stereocenters. The van der Waals surface area contributed by atoms with Crippen molar-refractivity contribution in [1.82, 2.24) is 15.8 Å². The monoisotopic (exact) mass is 441 g/mol. The fraction of sp³-hybridized carbons (Fsp3) is 0.143. The smallest absolute Gasteiger partial charge is 0.273 e. The van der Waals surface area contributed by atoms with Gasteiger partial charge in [-0.25, -0.2) is 0 Å². The standard InChI is InChI=1S/C21H19N3O4S2/c1-28-16-10-6-5-9-15(16)19(26)23-22-18(25)11-12-24-20(27)17(30-21(24)29)13-14-7-3-2-4-8-14/h2-10,13H,11-12H2,1H3,(H,22,25)(H,23,26). The van der Waals surface area contributed by atoms with Gasteiger partial charge in [-0.05, 0) is 23.8 Å². The second-order valence-corrected chi connectivity index (χ2v) is 7.87. The first-order valence-corrected chi connectivity index (χ1v) is 10.2. The highest BCUT2D eigenvalue weighted by molar-refractivity contribution is 8.26. The van der Waals surface area contributed by atoms with E-state index in [4.69, 9.17) is 17.0 Å². The number of ether oxygens (including phenoxy) is 1. The van der Waals surface area contributed by atoms with Crippen LogP contribution in [0.15, 0.2) is 59.5 Å². The Morgan fingerprint density at radius 2 is 1.80 bits per heavy atom. The van der Waals surface area contributed by atoms with Crippen molar-refractivity contribution in [3.05, 3.63) is 70.6 Å². The highest BCUT2D eigenvalue weighted by atomic mass is 32.2. The summed E-state index contributed by atoms with van der Waals surface area (Å²) in [5.74, 6) is -0.789. The SMILES string of the molecule is COc1ccccc1C(=O)NNC(=O)CCN1C(=O)C(=Cc2ccccc2)SC1=S. The predicted octanol–water partition coefficient (Wildman–Crippen LogP) is 2.75. The molecular formula is C21H19N3O4S2. The van der Waals surface area contributed by atoms with E-state index >= 15 is 0 Å². The Bertz CT molecular complexity index is 1010. The van der Waals surface area contributed by atoms with E-state index in [1.807, 2.05) is 30.3 Å². The molecule has 0 saturated carbocycles. The molecule has 1 saturated heterocycles. The van der Waals surface area contributed by atoms with E-state index in [-0.39, 0.29) is 18.9 Å². The van der Waals surface area contributed by atoms with Crippen LogP contribution in [0.3, 0.4) is 0 Å². The quantitative estimate of drug-likeness (QED) is 0.407. The molecule has 3 rings (SSSR count). The van der Waals surface area contributed by atoms with Gasteiger partial charge in [-0.15, -0.1) is 0 Å². The van der Waals surface area contributed by atoms with Crippen molar-refractivity contribution in [3.63, 3.8) is 0 Å². The summed E-state index contributed by atoms with van der Waals surface area (Å²) in [6, 6.07) is 16.1. The highest BCUT2D eigenvalue weighted by Crippen LogP contribution is 2.32. The Morgan fingerprint density at radius 1 is 1.10 bits per heavy atom. The maximum absolute atomic E-state index is 12.6. The van der Waals surface area contributed by atoms with Crippen molar-refractivity contribution in [2.45, 2.75) is 6.42 Å². The molecule has 0 bridgehead atoms. The molecule has 154 valence electrons. The van der Waals surface area contributed by atoms with Crippen LogP contribution in [0.25, 0.3) is 6.08 Å². The average molecular weight is 442 g/mol. The maximum Gasteiger partial charge on any atom is 0.273 e. The Balaban J connectivity index is 1.52. The molecule has 2 aromatic carbocycles. The zero-order valence-electron chi connectivity index (χ0n) is 16.1. The molecule has 9 heteroatoms. The van der Waals surface area contributed by atoms with Crippen LogP contribution in [0.5, 0.6) is 5.75 Å². The van der Waals surface area contributed by atoms with Crippen molar-refractivity contribution in [3.8, 4) is 5.75 Å². The molecule has 0 aliphatic carbocycles. The number of benzene rings is 2. The molecule has 0 aromatic heterocycles. The van der Waals surface area contributed by atoms with E-state index in [0.717, 1.165) is 5.56 Å². The Labute approximate surface area is 183 Å². The second kappa shape index (κ2) is 10.0. The minimum absolute atomic E-state index is 0.0166. The predicted molar refractivity (Wildman–Crippen MR) is 120 cm³/mol. The van der Waals surface area contributed by atoms with E-state index in [9.17, 15) is 14.4 Å². The van der Waals surface area contributed by atoms with Crippen LogP contribution in [0.1, 0.15) is 22.3 Å². The summed E-state index contributed by atoms with van der Waals surface area (Å²) in [6.45, 7) is 0.118. The summed E-state index contributed by atoms with van der Waals surface area (Å²) < 4.78 is 5.52. The second-order valence-electron chi connectivity index (χ2n) is 6.20. The number of thioether (sulfide) groups is 1. The molecule has 30 heavy (non-hydrogen) atoms. The van der Waals surface area contributed by atoms with E-state index in [0.29, 0.717) is 20.5 Å². The topological polar surface area (TPSA) is 87.7 Å². The fourth-order valence-corrected chi connectivity index (χ4v) is 4.00. The maximum atomic E-state index is 12.6. The van der Waals surface area contributed by atoms with Gasteiger partial charge in [-0.1, -0.05) is 66.4 Å². The zero-order chi connectivity index (χ0) is 21.5. The first-order valence-electron chi connectivity index (χ1n) is 9.02. The number of para-hydroxylation sites is 1. The number of hydrazine groups is 1. The molecule has 1 heterocycles. The van der Waals surface area contributed by atoms with E-state index < -0.39 is 11.8 Å². The molecule has 1 aliphatic rings. The molecule has 0 radical (unpaired) electrons. The summed E-state index contributed by atoms with van der Waals surface area (Å²) >= 11 is 6.47. The van der Waals surface area contributed by atoms with Gasteiger partial charge < -0.3 is 4.74 Å². The van der Waals surface area contributed by atoms with Gasteiger partial charge in [0.1, 0.15) is 10.1 Å². The van der Waals surface area contributed by atoms with Gasteiger partial charge in [0, 0.05) is 13.0 Å². The summed E-state index contributed by atoms with van der Waals surface area (Å²) in [5.41, 5.74) is 5.87. The minimum atomic E-state index is -0.503. The number of hydrogen-bond donors (Lipinski definition) is 2. The molecule has 7 nitrogen and oxygen atoms in total. The number of hydrogen-bond acceptors (Lipinski definition) is 6. The van der Waals surface area contributed by atoms with Crippen LogP contribution in [-0.2, 0) is 9.59 Å². The molecule has 2 N–H and O–H groups in total. The highest BCUT2D eigenvalue weighted by Gasteiger charge is 2.32. The first kappa shape index (κ1) is 21.5. The van der Waals surface area contributed by atoms with Crippen LogP contribution >= 0.6 is 24.0 Å². The lowest BCUT2D eigenvalue weighted by Crippen LogP contribution is -2.43. The van der Waals surface area contributed by atoms with Crippen LogP contribution < -0.4 is 15.6 Å². The third-order valence-electron chi connectivity index (χ3n) is 4.20. The Kier molecular flexibility index (Phi) is 7.21. The lowest BCUT2D eigenvalue weighted by molar-refractivity contribution is -0.124. The summed E-state index contributed by atoms with van der Waals surface area (Å²) in [7, 11) is 1.46. The molecular weight excluding hydrogens is 422 g/mol. The molecule has 1 fully saturated rings. The van der Waals surface area contributed by atoms with Gasteiger partial charge in [0.15, 0.2) is 0 Å². The number of carbonyl (C=O) groups is 3. The number of carbonyl (C=O) groups excluding carboxylic acids is 3. The van der Waals surface area contributed by atoms with E-state index in [1.165, 1.54) is 23.8 Å². The minimum Gasteiger partial charge on any atom is -0.496 e. The van der Waals surface area contributed by atoms with Gasteiger partial charge >= 0.3 is 0 Å². The zero-order valence-corrected chi connectivity index (χ0v) is 17.7. The number of methoxy groups -OCH3 is 1. The summed E-state index contributed by atoms with van der Waals surface area (Å²) in [6.07, 6.45) is 1.75. The number of rotatable bonds is 6. The number of amides is 3. The molecule has 1 aliphatic heterocycles. The van der Waals surface area contributed by atoms with Crippen LogP contribution in [0, 0.1) is 0 Å². The van der Waals surface area contributed by atoms with Crippen molar-refractivity contribution >= 4 is 52.1 Å². The van der Waals surface area contributed by atoms with E-state index in [1.54, 1.807) is 30.3 Å².